The summed E-state index contributed by atoms with van der Waals surface area (Å²) in [6.07, 6.45) is 0. The summed E-state index contributed by atoms with van der Waals surface area (Å²) in [7, 11) is 0. The molecule has 1 aliphatic rings. The second kappa shape index (κ2) is 8.76. The standard InChI is InChI=1S/C21H23N5O3S/c1-15-4-2-3-5-17(15)20(27)22-8-9-24-10-12-25(13-11-24)21-23-18-7-6-16(26(28)29)14-19(18)30-21/h2-7,14H,8-13H2,1H3,(H,22,27). The van der Waals surface area contributed by atoms with Crippen LogP contribution in [0.4, 0.5) is 10.8 Å². The zero-order chi connectivity index (χ0) is 21.1. The van der Waals surface area contributed by atoms with E-state index in [0.717, 1.165) is 59.2 Å². The Morgan fingerprint density at radius 1 is 1.20 bits per heavy atom. The number of thiazole rings is 1. The number of aryl methyl sites for hydroxylation is 1. The van der Waals surface area contributed by atoms with Crippen molar-refractivity contribution < 1.29 is 9.72 Å². The molecule has 1 aliphatic heterocycles. The van der Waals surface area contributed by atoms with Crippen LogP contribution in [0.1, 0.15) is 15.9 Å². The van der Waals surface area contributed by atoms with Gasteiger partial charge in [-0.2, -0.15) is 0 Å². The molecular formula is C21H23N5O3S. The van der Waals surface area contributed by atoms with Gasteiger partial charge in [-0.05, 0) is 24.6 Å². The number of hydrogen-bond donors (Lipinski definition) is 1. The van der Waals surface area contributed by atoms with Gasteiger partial charge in [0.25, 0.3) is 11.6 Å². The molecule has 1 aromatic heterocycles. The van der Waals surface area contributed by atoms with Crippen LogP contribution >= 0.6 is 11.3 Å². The van der Waals surface area contributed by atoms with Gasteiger partial charge in [-0.25, -0.2) is 4.98 Å². The Hall–Kier alpha value is -3.04. The van der Waals surface area contributed by atoms with Crippen molar-refractivity contribution in [2.24, 2.45) is 0 Å². The number of carbonyl (C=O) groups is 1. The molecule has 0 unspecified atom stereocenters. The van der Waals surface area contributed by atoms with Crippen LogP contribution in [0.2, 0.25) is 0 Å². The third kappa shape index (κ3) is 4.42. The monoisotopic (exact) mass is 425 g/mol. The minimum Gasteiger partial charge on any atom is -0.351 e. The fourth-order valence-corrected chi connectivity index (χ4v) is 4.61. The molecule has 0 saturated carbocycles. The van der Waals surface area contributed by atoms with Gasteiger partial charge in [-0.1, -0.05) is 29.5 Å². The number of nitro benzene ring substituents is 1. The van der Waals surface area contributed by atoms with Gasteiger partial charge in [-0.3, -0.25) is 19.8 Å². The number of anilines is 1. The lowest BCUT2D eigenvalue weighted by atomic mass is 10.1. The smallest absolute Gasteiger partial charge is 0.270 e. The Bertz CT molecular complexity index is 1080. The Kier molecular flexibility index (Phi) is 5.91. The summed E-state index contributed by atoms with van der Waals surface area (Å²) in [6.45, 7) is 6.80. The van der Waals surface area contributed by atoms with Crippen molar-refractivity contribution in [3.05, 3.63) is 63.7 Å². The molecule has 0 spiro atoms. The molecular weight excluding hydrogens is 402 g/mol. The third-order valence-corrected chi connectivity index (χ3v) is 6.40. The van der Waals surface area contributed by atoms with Crippen LogP contribution in [0, 0.1) is 17.0 Å². The van der Waals surface area contributed by atoms with E-state index in [4.69, 9.17) is 0 Å². The normalized spacial score (nSPS) is 14.8. The second-order valence-corrected chi connectivity index (χ2v) is 8.31. The number of aromatic nitrogens is 1. The summed E-state index contributed by atoms with van der Waals surface area (Å²) < 4.78 is 0.834. The van der Waals surface area contributed by atoms with E-state index in [0.29, 0.717) is 6.54 Å². The maximum atomic E-state index is 12.3. The Balaban J connectivity index is 1.28. The van der Waals surface area contributed by atoms with Crippen LogP contribution in [-0.2, 0) is 0 Å². The van der Waals surface area contributed by atoms with E-state index in [1.165, 1.54) is 17.4 Å². The van der Waals surface area contributed by atoms with E-state index in [9.17, 15) is 14.9 Å². The van der Waals surface area contributed by atoms with Crippen LogP contribution < -0.4 is 10.2 Å². The minimum atomic E-state index is -0.379. The summed E-state index contributed by atoms with van der Waals surface area (Å²) >= 11 is 1.49. The van der Waals surface area contributed by atoms with E-state index in [1.54, 1.807) is 12.1 Å². The molecule has 1 saturated heterocycles. The number of piperazine rings is 1. The Morgan fingerprint density at radius 2 is 1.97 bits per heavy atom. The van der Waals surface area contributed by atoms with Crippen LogP contribution in [0.15, 0.2) is 42.5 Å². The molecule has 0 bridgehead atoms. The van der Waals surface area contributed by atoms with Gasteiger partial charge in [0, 0.05) is 57.0 Å². The number of non-ortho nitro benzene ring substituents is 1. The summed E-state index contributed by atoms with van der Waals surface area (Å²) in [6, 6.07) is 12.4. The molecule has 30 heavy (non-hydrogen) atoms. The first-order valence-electron chi connectivity index (χ1n) is 9.87. The van der Waals surface area contributed by atoms with E-state index in [2.05, 4.69) is 20.1 Å². The number of benzene rings is 2. The topological polar surface area (TPSA) is 91.6 Å². The lowest BCUT2D eigenvalue weighted by Crippen LogP contribution is -2.48. The van der Waals surface area contributed by atoms with Gasteiger partial charge >= 0.3 is 0 Å². The van der Waals surface area contributed by atoms with Crippen molar-refractivity contribution in [2.45, 2.75) is 6.92 Å². The molecule has 3 aromatic rings. The van der Waals surface area contributed by atoms with Crippen LogP contribution in [0.5, 0.6) is 0 Å². The van der Waals surface area contributed by atoms with Crippen LogP contribution in [0.25, 0.3) is 10.2 Å². The first kappa shape index (κ1) is 20.2. The number of nitro groups is 1. The van der Waals surface area contributed by atoms with Crippen LogP contribution in [0.3, 0.4) is 0 Å². The zero-order valence-electron chi connectivity index (χ0n) is 16.7. The van der Waals surface area contributed by atoms with Crippen molar-refractivity contribution in [3.8, 4) is 0 Å². The molecule has 1 N–H and O–H groups in total. The number of nitrogens with one attached hydrogen (secondary N) is 1. The number of carbonyl (C=O) groups excluding carboxylic acids is 1. The summed E-state index contributed by atoms with van der Waals surface area (Å²) in [5.41, 5.74) is 2.58. The zero-order valence-corrected chi connectivity index (χ0v) is 17.5. The molecule has 156 valence electrons. The molecule has 0 atom stereocenters. The highest BCUT2D eigenvalue weighted by molar-refractivity contribution is 7.22. The van der Waals surface area contributed by atoms with Crippen molar-refractivity contribution in [1.82, 2.24) is 15.2 Å². The highest BCUT2D eigenvalue weighted by Crippen LogP contribution is 2.31. The maximum absolute atomic E-state index is 12.3. The lowest BCUT2D eigenvalue weighted by Gasteiger charge is -2.34. The van der Waals surface area contributed by atoms with Crippen molar-refractivity contribution >= 4 is 38.3 Å². The highest BCUT2D eigenvalue weighted by atomic mass is 32.1. The number of nitrogens with zero attached hydrogens (tertiary/aromatic N) is 4. The van der Waals surface area contributed by atoms with E-state index in [1.807, 2.05) is 31.2 Å². The Morgan fingerprint density at radius 3 is 2.70 bits per heavy atom. The third-order valence-electron chi connectivity index (χ3n) is 5.32. The Labute approximate surface area is 178 Å². The van der Waals surface area contributed by atoms with Gasteiger partial charge in [0.1, 0.15) is 0 Å². The van der Waals surface area contributed by atoms with Gasteiger partial charge < -0.3 is 10.2 Å². The van der Waals surface area contributed by atoms with Crippen LogP contribution in [-0.4, -0.2) is 60.0 Å². The fraction of sp³-hybridized carbons (Fsp3) is 0.333. The molecule has 0 radical (unpaired) electrons. The maximum Gasteiger partial charge on any atom is 0.270 e. The molecule has 8 nitrogen and oxygen atoms in total. The van der Waals surface area contributed by atoms with Gasteiger partial charge in [0.2, 0.25) is 0 Å². The quantitative estimate of drug-likeness (QED) is 0.482. The van der Waals surface area contributed by atoms with Gasteiger partial charge in [0.15, 0.2) is 5.13 Å². The molecule has 9 heteroatoms. The first-order chi connectivity index (χ1) is 14.5. The molecule has 1 amide bonds. The van der Waals surface area contributed by atoms with Crippen molar-refractivity contribution in [2.75, 3.05) is 44.2 Å². The molecule has 4 rings (SSSR count). The van der Waals surface area contributed by atoms with Gasteiger partial charge in [0.05, 0.1) is 15.1 Å². The fourth-order valence-electron chi connectivity index (χ4n) is 3.56. The van der Waals surface area contributed by atoms with E-state index in [-0.39, 0.29) is 16.5 Å². The molecule has 2 aromatic carbocycles. The summed E-state index contributed by atoms with van der Waals surface area (Å²) in [5.74, 6) is -0.0321. The summed E-state index contributed by atoms with van der Waals surface area (Å²) in [5, 5.41) is 14.9. The second-order valence-electron chi connectivity index (χ2n) is 7.31. The minimum absolute atomic E-state index is 0.0321. The highest BCUT2D eigenvalue weighted by Gasteiger charge is 2.20. The number of amides is 1. The number of fused-ring (bicyclic) bond motifs is 1. The molecule has 2 heterocycles. The average molecular weight is 426 g/mol. The predicted octanol–water partition coefficient (Wildman–Crippen LogP) is 3.06. The molecule has 1 fully saturated rings. The van der Waals surface area contributed by atoms with E-state index < -0.39 is 0 Å². The average Bonchev–Trinajstić information content (AvgIpc) is 3.18. The number of rotatable bonds is 6. The first-order valence-corrected chi connectivity index (χ1v) is 10.7. The van der Waals surface area contributed by atoms with Crippen molar-refractivity contribution in [3.63, 3.8) is 0 Å². The largest absolute Gasteiger partial charge is 0.351 e. The van der Waals surface area contributed by atoms with Gasteiger partial charge in [-0.15, -0.1) is 0 Å². The summed E-state index contributed by atoms with van der Waals surface area (Å²) in [4.78, 5) is 32.1. The number of hydrogen-bond acceptors (Lipinski definition) is 7. The lowest BCUT2D eigenvalue weighted by molar-refractivity contribution is -0.384. The SMILES string of the molecule is Cc1ccccc1C(=O)NCCN1CCN(c2nc3ccc([N+](=O)[O-])cc3s2)CC1. The van der Waals surface area contributed by atoms with Crippen molar-refractivity contribution in [1.29, 1.82) is 0 Å². The molecule has 0 aliphatic carbocycles. The predicted molar refractivity (Wildman–Crippen MR) is 118 cm³/mol. The van der Waals surface area contributed by atoms with E-state index >= 15 is 0 Å².